The molecule has 1 amide bonds. The highest BCUT2D eigenvalue weighted by atomic mass is 19.4. The van der Waals surface area contributed by atoms with Gasteiger partial charge in [-0.2, -0.15) is 13.2 Å². The van der Waals surface area contributed by atoms with E-state index in [9.17, 15) is 27.9 Å². The fourth-order valence-electron chi connectivity index (χ4n) is 4.11. The van der Waals surface area contributed by atoms with E-state index in [0.717, 1.165) is 29.9 Å². The van der Waals surface area contributed by atoms with Crippen LogP contribution in [0.15, 0.2) is 23.1 Å². The van der Waals surface area contributed by atoms with Crippen molar-refractivity contribution in [1.29, 1.82) is 0 Å². The summed E-state index contributed by atoms with van der Waals surface area (Å²) in [5.74, 6) is 0.175. The zero-order chi connectivity index (χ0) is 17.5. The molecule has 3 rings (SSSR count). The number of nitrogens with one attached hydrogen (secondary N) is 1. The summed E-state index contributed by atoms with van der Waals surface area (Å²) in [4.78, 5) is 23.9. The summed E-state index contributed by atoms with van der Waals surface area (Å²) >= 11 is 0. The van der Waals surface area contributed by atoms with Crippen LogP contribution >= 0.6 is 0 Å². The minimum Gasteiger partial charge on any atom is -0.396 e. The number of nitrogens with zero attached hydrogens (tertiary/aromatic N) is 1. The smallest absolute Gasteiger partial charge is 0.396 e. The second-order valence-corrected chi connectivity index (χ2v) is 6.65. The number of carbonyl (C=O) groups is 1. The average molecular weight is 344 g/mol. The van der Waals surface area contributed by atoms with Gasteiger partial charge in [-0.25, -0.2) is 0 Å². The summed E-state index contributed by atoms with van der Waals surface area (Å²) in [5.41, 5.74) is -1.63. The van der Waals surface area contributed by atoms with Crippen LogP contribution < -0.4 is 10.9 Å². The van der Waals surface area contributed by atoms with Gasteiger partial charge in [0.1, 0.15) is 6.54 Å². The Bertz CT molecular complexity index is 686. The molecule has 0 aromatic carbocycles. The molecule has 0 saturated heterocycles. The molecule has 2 aliphatic carbocycles. The third-order valence-electron chi connectivity index (χ3n) is 5.25. The van der Waals surface area contributed by atoms with Gasteiger partial charge in [-0.1, -0.05) is 0 Å². The maximum absolute atomic E-state index is 12.7. The van der Waals surface area contributed by atoms with Gasteiger partial charge in [0.25, 0.3) is 5.56 Å². The van der Waals surface area contributed by atoms with E-state index in [1.54, 1.807) is 0 Å². The summed E-state index contributed by atoms with van der Waals surface area (Å²) in [7, 11) is 0. The first-order chi connectivity index (χ1) is 11.3. The Labute approximate surface area is 136 Å². The minimum atomic E-state index is -4.57. The number of hydrogen-bond donors (Lipinski definition) is 2. The molecule has 24 heavy (non-hydrogen) atoms. The second-order valence-electron chi connectivity index (χ2n) is 6.65. The molecular formula is C16H19F3N2O3. The highest BCUT2D eigenvalue weighted by Gasteiger charge is 2.47. The van der Waals surface area contributed by atoms with Crippen molar-refractivity contribution in [2.45, 2.75) is 38.0 Å². The number of carbonyl (C=O) groups excluding carboxylic acids is 1. The number of fused-ring (bicyclic) bond motifs is 2. The van der Waals surface area contributed by atoms with Crippen molar-refractivity contribution in [2.75, 3.05) is 6.61 Å². The molecule has 0 radical (unpaired) electrons. The number of aliphatic hydroxyl groups is 1. The van der Waals surface area contributed by atoms with Gasteiger partial charge in [-0.15, -0.1) is 0 Å². The van der Waals surface area contributed by atoms with Crippen LogP contribution in [0.5, 0.6) is 0 Å². The molecule has 4 unspecified atom stereocenters. The molecule has 1 aromatic heterocycles. The van der Waals surface area contributed by atoms with Crippen LogP contribution in [0.2, 0.25) is 0 Å². The Hall–Kier alpha value is -1.83. The number of halogens is 3. The Morgan fingerprint density at radius 2 is 2.00 bits per heavy atom. The quantitative estimate of drug-likeness (QED) is 0.867. The molecule has 1 heterocycles. The Morgan fingerprint density at radius 3 is 2.67 bits per heavy atom. The standard InChI is InChI=1S/C16H19F3N2O3/c17-16(18,19)11-3-4-14(24)21(6-11)7-13(23)20-15-10-2-1-9(5-10)12(15)8-22/h3-4,6,9-10,12,15,22H,1-2,5,7-8H2,(H,20,23). The Balaban J connectivity index is 1.70. The van der Waals surface area contributed by atoms with Crippen LogP contribution in [0.1, 0.15) is 24.8 Å². The van der Waals surface area contributed by atoms with E-state index >= 15 is 0 Å². The summed E-state index contributed by atoms with van der Waals surface area (Å²) in [6.45, 7) is -0.482. The number of aliphatic hydroxyl groups excluding tert-OH is 1. The van der Waals surface area contributed by atoms with Crippen molar-refractivity contribution in [3.8, 4) is 0 Å². The zero-order valence-corrected chi connectivity index (χ0v) is 12.9. The van der Waals surface area contributed by atoms with Gasteiger partial charge in [-0.05, 0) is 37.2 Å². The molecule has 1 aromatic rings. The third kappa shape index (κ3) is 3.19. The van der Waals surface area contributed by atoms with E-state index in [0.29, 0.717) is 24.1 Å². The van der Waals surface area contributed by atoms with Crippen LogP contribution in [0, 0.1) is 17.8 Å². The van der Waals surface area contributed by atoms with E-state index < -0.39 is 29.8 Å². The first kappa shape index (κ1) is 17.0. The molecule has 132 valence electrons. The molecule has 2 bridgehead atoms. The first-order valence-electron chi connectivity index (χ1n) is 7.97. The van der Waals surface area contributed by atoms with Gasteiger partial charge in [0.05, 0.1) is 5.56 Å². The van der Waals surface area contributed by atoms with Crippen LogP contribution in [0.4, 0.5) is 13.2 Å². The molecule has 2 fully saturated rings. The van der Waals surface area contributed by atoms with Crippen molar-refractivity contribution in [2.24, 2.45) is 17.8 Å². The van der Waals surface area contributed by atoms with Crippen molar-refractivity contribution in [3.63, 3.8) is 0 Å². The molecule has 2 saturated carbocycles. The molecule has 8 heteroatoms. The van der Waals surface area contributed by atoms with Gasteiger partial charge < -0.3 is 15.0 Å². The second kappa shape index (κ2) is 6.23. The van der Waals surface area contributed by atoms with Crippen molar-refractivity contribution < 1.29 is 23.1 Å². The van der Waals surface area contributed by atoms with E-state index in [2.05, 4.69) is 5.32 Å². The predicted octanol–water partition coefficient (Wildman–Crippen LogP) is 1.39. The molecule has 0 spiro atoms. The minimum absolute atomic E-state index is 0.00840. The highest BCUT2D eigenvalue weighted by molar-refractivity contribution is 5.76. The number of amides is 1. The molecule has 0 aliphatic heterocycles. The maximum Gasteiger partial charge on any atom is 0.417 e. The van der Waals surface area contributed by atoms with E-state index in [1.807, 2.05) is 0 Å². The Morgan fingerprint density at radius 1 is 1.29 bits per heavy atom. The summed E-state index contributed by atoms with van der Waals surface area (Å²) in [6, 6.07) is 1.35. The van der Waals surface area contributed by atoms with Crippen LogP contribution in [0.25, 0.3) is 0 Å². The molecule has 2 aliphatic rings. The van der Waals surface area contributed by atoms with Crippen molar-refractivity contribution in [1.82, 2.24) is 9.88 Å². The van der Waals surface area contributed by atoms with Gasteiger partial charge in [0.2, 0.25) is 5.91 Å². The lowest BCUT2D eigenvalue weighted by molar-refractivity contribution is -0.138. The molecule has 4 atom stereocenters. The number of aromatic nitrogens is 1. The number of hydrogen-bond acceptors (Lipinski definition) is 3. The van der Waals surface area contributed by atoms with Crippen LogP contribution in [0.3, 0.4) is 0 Å². The van der Waals surface area contributed by atoms with Crippen molar-refractivity contribution >= 4 is 5.91 Å². The topological polar surface area (TPSA) is 71.3 Å². The van der Waals surface area contributed by atoms with E-state index in [4.69, 9.17) is 0 Å². The van der Waals surface area contributed by atoms with Crippen LogP contribution in [-0.2, 0) is 17.5 Å². The summed E-state index contributed by atoms with van der Waals surface area (Å²) in [5, 5.41) is 12.3. The number of pyridine rings is 1. The fraction of sp³-hybridized carbons (Fsp3) is 0.625. The predicted molar refractivity (Wildman–Crippen MR) is 79.0 cm³/mol. The summed E-state index contributed by atoms with van der Waals surface area (Å²) in [6.07, 6.45) is -0.935. The van der Waals surface area contributed by atoms with Crippen molar-refractivity contribution in [3.05, 3.63) is 34.2 Å². The third-order valence-corrected chi connectivity index (χ3v) is 5.25. The fourth-order valence-corrected chi connectivity index (χ4v) is 4.11. The molecule has 2 N–H and O–H groups in total. The summed E-state index contributed by atoms with van der Waals surface area (Å²) < 4.78 is 38.9. The van der Waals surface area contributed by atoms with Gasteiger partial charge in [0.15, 0.2) is 0 Å². The SMILES string of the molecule is O=C(Cn1cc(C(F)(F)F)ccc1=O)NC1C2CCC(C2)C1CO. The lowest BCUT2D eigenvalue weighted by atomic mass is 9.85. The average Bonchev–Trinajstić information content (AvgIpc) is 3.09. The van der Waals surface area contributed by atoms with E-state index in [1.165, 1.54) is 0 Å². The van der Waals surface area contributed by atoms with Crippen LogP contribution in [-0.4, -0.2) is 28.2 Å². The molecular weight excluding hydrogens is 325 g/mol. The zero-order valence-electron chi connectivity index (χ0n) is 12.9. The van der Waals surface area contributed by atoms with E-state index in [-0.39, 0.29) is 18.6 Å². The lowest BCUT2D eigenvalue weighted by Crippen LogP contribution is -2.47. The van der Waals surface area contributed by atoms with Gasteiger partial charge >= 0.3 is 6.18 Å². The number of rotatable bonds is 4. The largest absolute Gasteiger partial charge is 0.417 e. The van der Waals surface area contributed by atoms with Gasteiger partial charge in [-0.3, -0.25) is 9.59 Å². The lowest BCUT2D eigenvalue weighted by Gasteiger charge is -2.30. The Kier molecular flexibility index (Phi) is 4.42. The normalized spacial score (nSPS) is 29.0. The molecule has 5 nitrogen and oxygen atoms in total. The number of alkyl halides is 3. The monoisotopic (exact) mass is 344 g/mol. The van der Waals surface area contributed by atoms with Gasteiger partial charge in [0, 0.05) is 30.8 Å². The first-order valence-corrected chi connectivity index (χ1v) is 7.97. The maximum atomic E-state index is 12.7. The highest BCUT2D eigenvalue weighted by Crippen LogP contribution is 2.48.